The van der Waals surface area contributed by atoms with E-state index in [9.17, 15) is 9.59 Å². The quantitative estimate of drug-likeness (QED) is 0.639. The van der Waals surface area contributed by atoms with Gasteiger partial charge in [-0.15, -0.1) is 0 Å². The Balaban J connectivity index is 0. The number of carbonyl (C=O) groups is 2. The smallest absolute Gasteiger partial charge is 0.241 e. The fourth-order valence-electron chi connectivity index (χ4n) is 2.46. The lowest BCUT2D eigenvalue weighted by molar-refractivity contribution is -0.123. The summed E-state index contributed by atoms with van der Waals surface area (Å²) in [4.78, 5) is 23.1. The number of hydrogen-bond donors (Lipinski definition) is 3. The van der Waals surface area contributed by atoms with Gasteiger partial charge in [-0.25, -0.2) is 0 Å². The van der Waals surface area contributed by atoms with E-state index in [4.69, 9.17) is 5.73 Å². The number of nitrogens with one attached hydrogen (secondary N) is 2. The molecule has 0 bridgehead atoms. The van der Waals surface area contributed by atoms with Crippen LogP contribution in [-0.2, 0) is 9.59 Å². The van der Waals surface area contributed by atoms with E-state index >= 15 is 0 Å². The zero-order chi connectivity index (χ0) is 20.8. The number of hydrogen-bond acceptors (Lipinski definition) is 3. The van der Waals surface area contributed by atoms with Crippen molar-refractivity contribution in [2.45, 2.75) is 45.6 Å². The second-order valence-electron chi connectivity index (χ2n) is 6.60. The summed E-state index contributed by atoms with van der Waals surface area (Å²) in [6.07, 6.45) is 1.90. The summed E-state index contributed by atoms with van der Waals surface area (Å²) in [5, 5.41) is 5.66. The van der Waals surface area contributed by atoms with Crippen LogP contribution in [0.4, 0.5) is 0 Å². The molecule has 0 saturated carbocycles. The third-order valence-corrected chi connectivity index (χ3v) is 4.23. The van der Waals surface area contributed by atoms with Gasteiger partial charge in [-0.3, -0.25) is 9.59 Å². The fourth-order valence-corrected chi connectivity index (χ4v) is 2.46. The Kier molecular flexibility index (Phi) is 11.3. The van der Waals surface area contributed by atoms with E-state index in [-0.39, 0.29) is 20.6 Å². The van der Waals surface area contributed by atoms with Crippen molar-refractivity contribution in [3.63, 3.8) is 0 Å². The minimum Gasteiger partial charge on any atom is -0.356 e. The zero-order valence-corrected chi connectivity index (χ0v) is 17.2. The van der Waals surface area contributed by atoms with Crippen LogP contribution in [0.3, 0.4) is 0 Å². The van der Waals surface area contributed by atoms with Gasteiger partial charge in [0.1, 0.15) is 6.04 Å². The highest BCUT2D eigenvalue weighted by Gasteiger charge is 2.14. The Hall–Kier alpha value is -2.66. The van der Waals surface area contributed by atoms with Crippen LogP contribution < -0.4 is 16.4 Å². The molecule has 0 heterocycles. The molecule has 0 fully saturated rings. The van der Waals surface area contributed by atoms with E-state index in [2.05, 4.69) is 10.6 Å². The minimum absolute atomic E-state index is 0. The van der Waals surface area contributed by atoms with Gasteiger partial charge in [-0.1, -0.05) is 74.5 Å². The van der Waals surface area contributed by atoms with Crippen LogP contribution in [-0.4, -0.2) is 24.9 Å². The van der Waals surface area contributed by atoms with Crippen LogP contribution in [0.15, 0.2) is 60.7 Å². The normalized spacial score (nSPS) is 12.1. The van der Waals surface area contributed by atoms with Gasteiger partial charge in [-0.05, 0) is 30.9 Å². The summed E-state index contributed by atoms with van der Waals surface area (Å²) in [5.74, 6) is -0.0566. The van der Waals surface area contributed by atoms with Crippen LogP contribution in [0, 0.1) is 0 Å². The first-order chi connectivity index (χ1) is 13.5. The van der Waals surface area contributed by atoms with Crippen LogP contribution in [0.2, 0.25) is 0 Å². The van der Waals surface area contributed by atoms with Crippen molar-refractivity contribution in [1.29, 1.82) is 0 Å². The molecule has 2 rings (SSSR count). The first kappa shape index (κ1) is 23.4. The molecule has 0 spiro atoms. The average molecular weight is 388 g/mol. The Morgan fingerprint density at radius 3 is 1.71 bits per heavy atom. The molecule has 2 atom stereocenters. The fraction of sp³-hybridized carbons (Fsp3) is 0.391. The highest BCUT2D eigenvalue weighted by molar-refractivity contribution is 5.83. The lowest BCUT2D eigenvalue weighted by Gasteiger charge is -2.11. The van der Waals surface area contributed by atoms with Crippen molar-refractivity contribution in [2.75, 3.05) is 13.1 Å². The highest BCUT2D eigenvalue weighted by Crippen LogP contribution is 2.14. The molecule has 156 valence electrons. The lowest BCUT2D eigenvalue weighted by Crippen LogP contribution is -2.34. The molecule has 0 aliphatic carbocycles. The van der Waals surface area contributed by atoms with Gasteiger partial charge >= 0.3 is 0 Å². The predicted molar refractivity (Wildman–Crippen MR) is 119 cm³/mol. The third kappa shape index (κ3) is 8.35. The van der Waals surface area contributed by atoms with Crippen molar-refractivity contribution in [2.24, 2.45) is 5.73 Å². The second kappa shape index (κ2) is 13.5. The van der Waals surface area contributed by atoms with E-state index in [1.165, 1.54) is 0 Å². The second-order valence-corrected chi connectivity index (χ2v) is 6.60. The summed E-state index contributed by atoms with van der Waals surface area (Å²) in [7, 11) is 0. The van der Waals surface area contributed by atoms with E-state index in [1.807, 2.05) is 81.4 Å². The number of nitrogens with two attached hydrogens (primary N) is 1. The molecule has 0 saturated heterocycles. The molecule has 2 aromatic carbocycles. The highest BCUT2D eigenvalue weighted by atomic mass is 16.2. The van der Waals surface area contributed by atoms with E-state index in [0.717, 1.165) is 30.5 Å². The summed E-state index contributed by atoms with van der Waals surface area (Å²) < 4.78 is 0. The van der Waals surface area contributed by atoms with Crippen molar-refractivity contribution in [1.82, 2.24) is 10.6 Å². The molecular formula is C23H37N3O2. The summed E-state index contributed by atoms with van der Waals surface area (Å²) in [5.41, 5.74) is 7.69. The Morgan fingerprint density at radius 1 is 0.821 bits per heavy atom. The molecule has 0 aromatic heterocycles. The van der Waals surface area contributed by atoms with Gasteiger partial charge in [0.25, 0.3) is 0 Å². The van der Waals surface area contributed by atoms with Crippen molar-refractivity contribution < 1.29 is 12.4 Å². The predicted octanol–water partition coefficient (Wildman–Crippen LogP) is 4.02. The maximum atomic E-state index is 11.6. The number of benzene rings is 2. The molecule has 5 nitrogen and oxygen atoms in total. The Labute approximate surface area is 171 Å². The zero-order valence-electron chi connectivity index (χ0n) is 17.2. The monoisotopic (exact) mass is 387 g/mol. The maximum absolute atomic E-state index is 11.6. The molecule has 2 amide bonds. The van der Waals surface area contributed by atoms with E-state index < -0.39 is 6.04 Å². The van der Waals surface area contributed by atoms with Gasteiger partial charge in [0, 0.05) is 15.9 Å². The molecule has 5 heteroatoms. The van der Waals surface area contributed by atoms with Crippen LogP contribution in [0.5, 0.6) is 0 Å². The molecule has 0 aliphatic rings. The minimum atomic E-state index is -0.553. The molecule has 28 heavy (non-hydrogen) atoms. The number of amides is 2. The van der Waals surface area contributed by atoms with Crippen LogP contribution in [0.1, 0.15) is 59.6 Å². The number of rotatable bonds is 8. The largest absolute Gasteiger partial charge is 0.356 e. The van der Waals surface area contributed by atoms with Gasteiger partial charge < -0.3 is 16.4 Å². The molecule has 4 N–H and O–H groups in total. The van der Waals surface area contributed by atoms with Gasteiger partial charge in [0.2, 0.25) is 11.8 Å². The van der Waals surface area contributed by atoms with Gasteiger partial charge in [0.15, 0.2) is 0 Å². The molecule has 0 aliphatic heterocycles. The maximum Gasteiger partial charge on any atom is 0.241 e. The lowest BCUT2D eigenvalue weighted by atomic mass is 10.0. The van der Waals surface area contributed by atoms with Crippen molar-refractivity contribution in [3.05, 3.63) is 71.8 Å². The third-order valence-electron chi connectivity index (χ3n) is 4.23. The van der Waals surface area contributed by atoms with Crippen molar-refractivity contribution >= 4 is 11.8 Å². The Morgan fingerprint density at radius 2 is 1.25 bits per heavy atom. The summed E-state index contributed by atoms with van der Waals surface area (Å²) in [6.45, 7) is 7.43. The molecule has 2 aromatic rings. The van der Waals surface area contributed by atoms with Gasteiger partial charge in [-0.2, -0.15) is 0 Å². The standard InChI is InChI=1S/C12H17NO.C11H16N2O.2H2/c1-3-9-13-12(14)10(2)11-7-5-4-6-8-11;1-2-8-13-11(14)10(12)9-6-4-3-5-7-9;;/h4-8,10H,3,9H2,1-2H3,(H,13,14);3-7,10H,2,8,12H2,1H3,(H,13,14);2*1H/t2*10-;;/m00../s1. The summed E-state index contributed by atoms with van der Waals surface area (Å²) in [6, 6.07) is 18.7. The first-order valence-electron chi connectivity index (χ1n) is 9.92. The SMILES string of the molecule is CCCNC(=O)[C@@H](C)c1ccccc1.CCCNC(=O)[C@@H](N)c1ccccc1.[HH].[HH]. The molecular weight excluding hydrogens is 350 g/mol. The topological polar surface area (TPSA) is 84.2 Å². The van der Waals surface area contributed by atoms with Crippen LogP contribution >= 0.6 is 0 Å². The first-order valence-corrected chi connectivity index (χ1v) is 9.92. The summed E-state index contributed by atoms with van der Waals surface area (Å²) >= 11 is 0. The number of carbonyl (C=O) groups excluding carboxylic acids is 2. The van der Waals surface area contributed by atoms with Gasteiger partial charge in [0.05, 0.1) is 5.92 Å². The molecule has 0 radical (unpaired) electrons. The van der Waals surface area contributed by atoms with E-state index in [1.54, 1.807) is 0 Å². The average Bonchev–Trinajstić information content (AvgIpc) is 2.76. The van der Waals surface area contributed by atoms with Crippen LogP contribution in [0.25, 0.3) is 0 Å². The van der Waals surface area contributed by atoms with Crippen molar-refractivity contribution in [3.8, 4) is 0 Å². The Bertz CT molecular complexity index is 639. The molecule has 0 unspecified atom stereocenters. The van der Waals surface area contributed by atoms with E-state index in [0.29, 0.717) is 6.54 Å².